The zero-order valence-electron chi connectivity index (χ0n) is 10.3. The van der Waals surface area contributed by atoms with Crippen molar-refractivity contribution in [3.8, 4) is 5.75 Å². The molecule has 0 aliphatic heterocycles. The van der Waals surface area contributed by atoms with Gasteiger partial charge in [-0.3, -0.25) is 0 Å². The van der Waals surface area contributed by atoms with Crippen LogP contribution in [0.15, 0.2) is 12.1 Å². The number of halogens is 3. The van der Waals surface area contributed by atoms with Crippen molar-refractivity contribution in [1.82, 2.24) is 5.32 Å². The highest BCUT2D eigenvalue weighted by molar-refractivity contribution is 6.40. The standard InChI is InChI=1S/C12H16Cl3NO2/c1-3-16-9(6-17-2)7-18-12-10(14)4-8(13)5-11(12)15/h4-5,9,16H,3,6-7H2,1-2H3. The Morgan fingerprint density at radius 3 is 2.28 bits per heavy atom. The van der Waals surface area contributed by atoms with Crippen LogP contribution in [0.3, 0.4) is 0 Å². The lowest BCUT2D eigenvalue weighted by Gasteiger charge is -2.18. The van der Waals surface area contributed by atoms with Crippen LogP contribution >= 0.6 is 34.8 Å². The van der Waals surface area contributed by atoms with Crippen LogP contribution in [0.4, 0.5) is 0 Å². The lowest BCUT2D eigenvalue weighted by molar-refractivity contribution is 0.137. The summed E-state index contributed by atoms with van der Waals surface area (Å²) in [5.74, 6) is 0.446. The minimum Gasteiger partial charge on any atom is -0.489 e. The number of hydrogen-bond acceptors (Lipinski definition) is 3. The maximum atomic E-state index is 6.03. The van der Waals surface area contributed by atoms with E-state index in [2.05, 4.69) is 5.32 Å². The van der Waals surface area contributed by atoms with Crippen molar-refractivity contribution in [3.05, 3.63) is 27.2 Å². The molecule has 0 radical (unpaired) electrons. The smallest absolute Gasteiger partial charge is 0.156 e. The molecule has 6 heteroatoms. The Hall–Kier alpha value is -0.190. The monoisotopic (exact) mass is 311 g/mol. The fourth-order valence-electron chi connectivity index (χ4n) is 1.51. The SMILES string of the molecule is CCNC(COC)COc1c(Cl)cc(Cl)cc1Cl. The normalized spacial score (nSPS) is 12.5. The van der Waals surface area contributed by atoms with E-state index in [0.717, 1.165) is 6.54 Å². The molecule has 0 spiro atoms. The van der Waals surface area contributed by atoms with Crippen LogP contribution in [-0.4, -0.2) is 32.9 Å². The van der Waals surface area contributed by atoms with Crippen LogP contribution in [-0.2, 0) is 4.74 Å². The average molecular weight is 313 g/mol. The third kappa shape index (κ3) is 4.82. The van der Waals surface area contributed by atoms with Gasteiger partial charge >= 0.3 is 0 Å². The first-order valence-electron chi connectivity index (χ1n) is 5.58. The Kier molecular flexibility index (Phi) is 7.12. The molecule has 3 nitrogen and oxygen atoms in total. The van der Waals surface area contributed by atoms with Gasteiger partial charge in [-0.25, -0.2) is 0 Å². The predicted octanol–water partition coefficient (Wildman–Crippen LogP) is 3.65. The number of rotatable bonds is 7. The number of hydrogen-bond donors (Lipinski definition) is 1. The van der Waals surface area contributed by atoms with Crippen molar-refractivity contribution in [1.29, 1.82) is 0 Å². The minimum absolute atomic E-state index is 0.0859. The zero-order valence-corrected chi connectivity index (χ0v) is 12.6. The van der Waals surface area contributed by atoms with E-state index in [0.29, 0.717) is 34.0 Å². The fourth-order valence-corrected chi connectivity index (χ4v) is 2.43. The Balaban J connectivity index is 2.66. The van der Waals surface area contributed by atoms with Gasteiger partial charge in [-0.05, 0) is 18.7 Å². The van der Waals surface area contributed by atoms with Crippen LogP contribution in [0.25, 0.3) is 0 Å². The molecule has 1 rings (SSSR count). The highest BCUT2D eigenvalue weighted by Crippen LogP contribution is 2.35. The first-order valence-corrected chi connectivity index (χ1v) is 6.71. The third-order valence-electron chi connectivity index (χ3n) is 2.25. The minimum atomic E-state index is 0.0859. The summed E-state index contributed by atoms with van der Waals surface area (Å²) in [4.78, 5) is 0. The topological polar surface area (TPSA) is 30.5 Å². The van der Waals surface area contributed by atoms with E-state index in [1.54, 1.807) is 19.2 Å². The summed E-state index contributed by atoms with van der Waals surface area (Å²) in [6, 6.07) is 3.29. The van der Waals surface area contributed by atoms with Crippen molar-refractivity contribution >= 4 is 34.8 Å². The van der Waals surface area contributed by atoms with Crippen molar-refractivity contribution in [3.63, 3.8) is 0 Å². The molecule has 0 amide bonds. The summed E-state index contributed by atoms with van der Waals surface area (Å²) in [5, 5.41) is 4.53. The molecule has 0 heterocycles. The lowest BCUT2D eigenvalue weighted by Crippen LogP contribution is -2.38. The highest BCUT2D eigenvalue weighted by atomic mass is 35.5. The molecule has 0 aliphatic rings. The Morgan fingerprint density at radius 2 is 1.78 bits per heavy atom. The van der Waals surface area contributed by atoms with Crippen LogP contribution in [0.5, 0.6) is 5.75 Å². The maximum Gasteiger partial charge on any atom is 0.156 e. The first-order chi connectivity index (χ1) is 8.58. The van der Waals surface area contributed by atoms with Crippen molar-refractivity contribution in [2.75, 3.05) is 26.9 Å². The van der Waals surface area contributed by atoms with Gasteiger partial charge in [0.05, 0.1) is 22.7 Å². The molecule has 102 valence electrons. The molecule has 1 aromatic carbocycles. The van der Waals surface area contributed by atoms with Gasteiger partial charge in [0.15, 0.2) is 5.75 Å². The van der Waals surface area contributed by atoms with Crippen LogP contribution in [0.1, 0.15) is 6.92 Å². The highest BCUT2D eigenvalue weighted by Gasteiger charge is 2.13. The molecule has 18 heavy (non-hydrogen) atoms. The quantitative estimate of drug-likeness (QED) is 0.833. The van der Waals surface area contributed by atoms with E-state index in [9.17, 15) is 0 Å². The van der Waals surface area contributed by atoms with Gasteiger partial charge in [-0.15, -0.1) is 0 Å². The Morgan fingerprint density at radius 1 is 1.17 bits per heavy atom. The largest absolute Gasteiger partial charge is 0.489 e. The number of benzene rings is 1. The first kappa shape index (κ1) is 15.9. The molecule has 0 aromatic heterocycles. The van der Waals surface area contributed by atoms with Gasteiger partial charge in [0.2, 0.25) is 0 Å². The average Bonchev–Trinajstić information content (AvgIpc) is 2.28. The van der Waals surface area contributed by atoms with E-state index in [1.807, 2.05) is 6.92 Å². The summed E-state index contributed by atoms with van der Waals surface area (Å²) in [5.41, 5.74) is 0. The van der Waals surface area contributed by atoms with E-state index in [4.69, 9.17) is 44.3 Å². The second-order valence-corrected chi connectivity index (χ2v) is 4.97. The summed E-state index contributed by atoms with van der Waals surface area (Å²) in [7, 11) is 1.65. The van der Waals surface area contributed by atoms with E-state index >= 15 is 0 Å². The second-order valence-electron chi connectivity index (χ2n) is 3.72. The molecule has 0 aliphatic carbocycles. The molecule has 0 fully saturated rings. The molecule has 1 aromatic rings. The summed E-state index contributed by atoms with van der Waals surface area (Å²) in [6.07, 6.45) is 0. The Bertz CT molecular complexity index is 359. The summed E-state index contributed by atoms with van der Waals surface area (Å²) < 4.78 is 10.7. The van der Waals surface area contributed by atoms with Crippen LogP contribution in [0, 0.1) is 0 Å². The Labute approximate surface area is 122 Å². The fraction of sp³-hybridized carbons (Fsp3) is 0.500. The summed E-state index contributed by atoms with van der Waals surface area (Å²) >= 11 is 17.9. The van der Waals surface area contributed by atoms with E-state index < -0.39 is 0 Å². The van der Waals surface area contributed by atoms with Gasteiger partial charge in [0.25, 0.3) is 0 Å². The summed E-state index contributed by atoms with van der Waals surface area (Å²) in [6.45, 7) is 3.82. The molecule has 0 saturated carbocycles. The van der Waals surface area contributed by atoms with E-state index in [-0.39, 0.29) is 6.04 Å². The number of likely N-dealkylation sites (N-methyl/N-ethyl adjacent to an activating group) is 1. The molecular weight excluding hydrogens is 296 g/mol. The van der Waals surface area contributed by atoms with Gasteiger partial charge in [0, 0.05) is 12.1 Å². The lowest BCUT2D eigenvalue weighted by atomic mass is 10.3. The van der Waals surface area contributed by atoms with Crippen LogP contribution < -0.4 is 10.1 Å². The van der Waals surface area contributed by atoms with Crippen molar-refractivity contribution in [2.24, 2.45) is 0 Å². The predicted molar refractivity (Wildman–Crippen MR) is 76.3 cm³/mol. The number of nitrogens with one attached hydrogen (secondary N) is 1. The van der Waals surface area contributed by atoms with Crippen LogP contribution in [0.2, 0.25) is 15.1 Å². The third-order valence-corrected chi connectivity index (χ3v) is 3.03. The molecule has 1 unspecified atom stereocenters. The zero-order chi connectivity index (χ0) is 13.5. The second kappa shape index (κ2) is 8.08. The molecule has 0 bridgehead atoms. The molecule has 0 saturated heterocycles. The maximum absolute atomic E-state index is 6.03. The van der Waals surface area contributed by atoms with Gasteiger partial charge in [-0.1, -0.05) is 41.7 Å². The van der Waals surface area contributed by atoms with Gasteiger partial charge in [-0.2, -0.15) is 0 Å². The van der Waals surface area contributed by atoms with Crippen molar-refractivity contribution in [2.45, 2.75) is 13.0 Å². The number of methoxy groups -OCH3 is 1. The molecule has 1 N–H and O–H groups in total. The van der Waals surface area contributed by atoms with E-state index in [1.165, 1.54) is 0 Å². The number of ether oxygens (including phenoxy) is 2. The molecular formula is C12H16Cl3NO2. The van der Waals surface area contributed by atoms with Crippen molar-refractivity contribution < 1.29 is 9.47 Å². The molecule has 1 atom stereocenters. The van der Waals surface area contributed by atoms with Gasteiger partial charge < -0.3 is 14.8 Å². The van der Waals surface area contributed by atoms with Gasteiger partial charge in [0.1, 0.15) is 6.61 Å².